The molecule has 0 spiro atoms. The second-order valence-corrected chi connectivity index (χ2v) is 6.53. The highest BCUT2D eigenvalue weighted by Gasteiger charge is 2.14. The summed E-state index contributed by atoms with van der Waals surface area (Å²) in [5.41, 5.74) is 0.724. The first kappa shape index (κ1) is 14.6. The van der Waals surface area contributed by atoms with E-state index >= 15 is 0 Å². The molecule has 17 heavy (non-hydrogen) atoms. The zero-order valence-electron chi connectivity index (χ0n) is 9.88. The van der Waals surface area contributed by atoms with Gasteiger partial charge in [-0.05, 0) is 28.3 Å². The van der Waals surface area contributed by atoms with E-state index in [0.717, 1.165) is 5.56 Å². The van der Waals surface area contributed by atoms with E-state index in [2.05, 4.69) is 9.44 Å². The van der Waals surface area contributed by atoms with Crippen LogP contribution in [0.2, 0.25) is 0 Å². The lowest BCUT2D eigenvalue weighted by Gasteiger charge is -2.12. The summed E-state index contributed by atoms with van der Waals surface area (Å²) in [6.45, 7) is 4.19. The quantitative estimate of drug-likeness (QED) is 0.692. The van der Waals surface area contributed by atoms with Crippen LogP contribution < -0.4 is 9.44 Å². The van der Waals surface area contributed by atoms with Crippen LogP contribution >= 0.6 is 11.3 Å². The smallest absolute Gasteiger partial charge is 0.277 e. The number of hydrogen-bond acceptors (Lipinski definition) is 4. The number of hydrogen-bond donors (Lipinski definition) is 3. The summed E-state index contributed by atoms with van der Waals surface area (Å²) in [5, 5.41) is 13.3. The van der Waals surface area contributed by atoms with Gasteiger partial charge >= 0.3 is 0 Å². The van der Waals surface area contributed by atoms with E-state index in [1.54, 1.807) is 11.4 Å². The first-order valence-corrected chi connectivity index (χ1v) is 7.77. The Labute approximate surface area is 106 Å². The Morgan fingerprint density at radius 2 is 2.00 bits per heavy atom. The van der Waals surface area contributed by atoms with Crippen molar-refractivity contribution in [1.29, 1.82) is 0 Å². The summed E-state index contributed by atoms with van der Waals surface area (Å²) in [4.78, 5) is 0. The van der Waals surface area contributed by atoms with Crippen LogP contribution in [0.4, 0.5) is 0 Å². The zero-order valence-corrected chi connectivity index (χ0v) is 11.5. The van der Waals surface area contributed by atoms with Gasteiger partial charge in [-0.15, -0.1) is 0 Å². The highest BCUT2D eigenvalue weighted by molar-refractivity contribution is 7.87. The molecule has 98 valence electrons. The average molecular weight is 278 g/mol. The van der Waals surface area contributed by atoms with Gasteiger partial charge in [-0.2, -0.15) is 24.5 Å². The molecule has 0 radical (unpaired) electrons. The lowest BCUT2D eigenvalue weighted by atomic mass is 10.2. The lowest BCUT2D eigenvalue weighted by Crippen LogP contribution is -2.40. The molecule has 1 unspecified atom stereocenters. The van der Waals surface area contributed by atoms with Crippen molar-refractivity contribution in [3.05, 3.63) is 22.4 Å². The maximum atomic E-state index is 11.5. The molecule has 7 heteroatoms. The maximum Gasteiger partial charge on any atom is 0.277 e. The van der Waals surface area contributed by atoms with Gasteiger partial charge in [-0.1, -0.05) is 13.8 Å². The standard InChI is InChI=1S/C10H18N2O3S2/c1-8(2)5-11-17(14,15)12-6-10(13)9-3-4-16-7-9/h3-4,7-8,10-13H,5-6H2,1-2H3. The monoisotopic (exact) mass is 278 g/mol. The second kappa shape index (κ2) is 6.46. The minimum atomic E-state index is -3.52. The van der Waals surface area contributed by atoms with Crippen molar-refractivity contribution in [2.24, 2.45) is 5.92 Å². The van der Waals surface area contributed by atoms with Gasteiger partial charge in [-0.3, -0.25) is 0 Å². The largest absolute Gasteiger partial charge is 0.387 e. The molecule has 5 nitrogen and oxygen atoms in total. The lowest BCUT2D eigenvalue weighted by molar-refractivity contribution is 0.182. The number of aliphatic hydroxyl groups is 1. The Morgan fingerprint density at radius 1 is 1.35 bits per heavy atom. The van der Waals surface area contributed by atoms with Crippen LogP contribution in [0.5, 0.6) is 0 Å². The van der Waals surface area contributed by atoms with Gasteiger partial charge in [0.2, 0.25) is 0 Å². The van der Waals surface area contributed by atoms with Crippen LogP contribution in [0.15, 0.2) is 16.8 Å². The SMILES string of the molecule is CC(C)CNS(=O)(=O)NCC(O)c1ccsc1. The Balaban J connectivity index is 2.39. The predicted octanol–water partition coefficient (Wildman–Crippen LogP) is 0.862. The third-order valence-electron chi connectivity index (χ3n) is 2.08. The van der Waals surface area contributed by atoms with Crippen molar-refractivity contribution in [2.75, 3.05) is 13.1 Å². The molecule has 1 rings (SSSR count). The van der Waals surface area contributed by atoms with Crippen LogP contribution in [-0.2, 0) is 10.2 Å². The first-order valence-electron chi connectivity index (χ1n) is 5.35. The third kappa shape index (κ3) is 5.60. The first-order chi connectivity index (χ1) is 7.91. The molecule has 1 aromatic rings. The molecular weight excluding hydrogens is 260 g/mol. The van der Waals surface area contributed by atoms with Gasteiger partial charge in [0, 0.05) is 13.1 Å². The molecule has 0 saturated heterocycles. The molecule has 0 aromatic carbocycles. The summed E-state index contributed by atoms with van der Waals surface area (Å²) in [7, 11) is -3.52. The van der Waals surface area contributed by atoms with Gasteiger partial charge in [-0.25, -0.2) is 4.72 Å². The number of thiophene rings is 1. The van der Waals surface area contributed by atoms with Crippen molar-refractivity contribution in [3.8, 4) is 0 Å². The van der Waals surface area contributed by atoms with Crippen molar-refractivity contribution in [2.45, 2.75) is 20.0 Å². The third-order valence-corrected chi connectivity index (χ3v) is 3.87. The maximum absolute atomic E-state index is 11.5. The van der Waals surface area contributed by atoms with Crippen LogP contribution in [0.1, 0.15) is 25.5 Å². The van der Waals surface area contributed by atoms with E-state index in [4.69, 9.17) is 0 Å². The van der Waals surface area contributed by atoms with Crippen LogP contribution in [0.3, 0.4) is 0 Å². The molecular formula is C10H18N2O3S2. The Bertz CT molecular complexity index is 415. The molecule has 1 atom stereocenters. The molecule has 0 aliphatic rings. The normalized spacial score (nSPS) is 14.1. The molecule has 0 amide bonds. The molecule has 0 fully saturated rings. The zero-order chi connectivity index (χ0) is 12.9. The van der Waals surface area contributed by atoms with Crippen LogP contribution in [0.25, 0.3) is 0 Å². The number of rotatable bonds is 7. The van der Waals surface area contributed by atoms with E-state index < -0.39 is 16.3 Å². The fourth-order valence-electron chi connectivity index (χ4n) is 1.10. The van der Waals surface area contributed by atoms with E-state index in [9.17, 15) is 13.5 Å². The summed E-state index contributed by atoms with van der Waals surface area (Å²) in [5.74, 6) is 0.244. The van der Waals surface area contributed by atoms with E-state index in [-0.39, 0.29) is 12.5 Å². The van der Waals surface area contributed by atoms with Crippen molar-refractivity contribution in [1.82, 2.24) is 9.44 Å². The second-order valence-electron chi connectivity index (χ2n) is 4.17. The summed E-state index contributed by atoms with van der Waals surface area (Å²) in [6.07, 6.45) is -0.808. The van der Waals surface area contributed by atoms with Gasteiger partial charge in [0.15, 0.2) is 0 Å². The molecule has 1 aromatic heterocycles. The average Bonchev–Trinajstić information content (AvgIpc) is 2.77. The molecule has 3 N–H and O–H groups in total. The van der Waals surface area contributed by atoms with Crippen molar-refractivity contribution < 1.29 is 13.5 Å². The summed E-state index contributed by atoms with van der Waals surface area (Å²) < 4.78 is 27.7. The molecule has 0 aliphatic carbocycles. The Hall–Kier alpha value is -0.470. The fourth-order valence-corrected chi connectivity index (χ4v) is 2.84. The van der Waals surface area contributed by atoms with Gasteiger partial charge < -0.3 is 5.11 Å². The number of nitrogens with one attached hydrogen (secondary N) is 2. The topological polar surface area (TPSA) is 78.4 Å². The molecule has 0 aliphatic heterocycles. The molecule has 0 bridgehead atoms. The van der Waals surface area contributed by atoms with Crippen LogP contribution in [0, 0.1) is 5.92 Å². The highest BCUT2D eigenvalue weighted by atomic mass is 32.2. The minimum Gasteiger partial charge on any atom is -0.387 e. The summed E-state index contributed by atoms with van der Waals surface area (Å²) >= 11 is 1.46. The Morgan fingerprint density at radius 3 is 2.53 bits per heavy atom. The predicted molar refractivity (Wildman–Crippen MR) is 69.0 cm³/mol. The van der Waals surface area contributed by atoms with E-state index in [0.29, 0.717) is 6.54 Å². The molecule has 0 saturated carbocycles. The van der Waals surface area contributed by atoms with Gasteiger partial charge in [0.1, 0.15) is 0 Å². The fraction of sp³-hybridized carbons (Fsp3) is 0.600. The van der Waals surface area contributed by atoms with Gasteiger partial charge in [0.05, 0.1) is 6.10 Å². The van der Waals surface area contributed by atoms with Crippen LogP contribution in [-0.4, -0.2) is 26.6 Å². The van der Waals surface area contributed by atoms with Crippen molar-refractivity contribution in [3.63, 3.8) is 0 Å². The van der Waals surface area contributed by atoms with E-state index in [1.165, 1.54) is 11.3 Å². The molecule has 1 heterocycles. The minimum absolute atomic E-state index is 0.0236. The number of aliphatic hydroxyl groups excluding tert-OH is 1. The Kier molecular flexibility index (Phi) is 5.54. The van der Waals surface area contributed by atoms with Gasteiger partial charge in [0.25, 0.3) is 10.2 Å². The van der Waals surface area contributed by atoms with Crippen molar-refractivity contribution >= 4 is 21.5 Å². The van der Waals surface area contributed by atoms with E-state index in [1.807, 2.05) is 19.2 Å². The highest BCUT2D eigenvalue weighted by Crippen LogP contribution is 2.15. The summed E-state index contributed by atoms with van der Waals surface area (Å²) in [6, 6.07) is 1.77.